The van der Waals surface area contributed by atoms with E-state index in [0.717, 1.165) is 44.9 Å². The van der Waals surface area contributed by atoms with Crippen LogP contribution >= 0.6 is 0 Å². The highest BCUT2D eigenvalue weighted by molar-refractivity contribution is 5.09. The highest BCUT2D eigenvalue weighted by Gasteiger charge is 2.31. The lowest BCUT2D eigenvalue weighted by Crippen LogP contribution is -2.54. The minimum Gasteiger partial charge on any atom is -0.496 e. The molecule has 18 heavy (non-hydrogen) atoms. The maximum absolute atomic E-state index is 5.94. The second kappa shape index (κ2) is 6.55. The fourth-order valence-electron chi connectivity index (χ4n) is 2.67. The van der Waals surface area contributed by atoms with E-state index in [2.05, 4.69) is 30.1 Å². The molecule has 2 heterocycles. The number of rotatable bonds is 4. The van der Waals surface area contributed by atoms with E-state index in [0.29, 0.717) is 6.04 Å². The third-order valence-electron chi connectivity index (χ3n) is 3.81. The minimum atomic E-state index is 0.187. The maximum Gasteiger partial charge on any atom is 0.112 e. The van der Waals surface area contributed by atoms with Crippen molar-refractivity contribution in [3.63, 3.8) is 0 Å². The number of morpholine rings is 1. The van der Waals surface area contributed by atoms with Crippen molar-refractivity contribution in [1.82, 2.24) is 10.2 Å². The summed E-state index contributed by atoms with van der Waals surface area (Å²) in [6.45, 7) is 8.15. The average molecular weight is 254 g/mol. The molecule has 0 radical (unpaired) electrons. The van der Waals surface area contributed by atoms with E-state index in [-0.39, 0.29) is 12.1 Å². The van der Waals surface area contributed by atoms with Crippen LogP contribution in [-0.4, -0.2) is 56.4 Å². The van der Waals surface area contributed by atoms with Gasteiger partial charge in [0.25, 0.3) is 0 Å². The Kier molecular flexibility index (Phi) is 5.03. The van der Waals surface area contributed by atoms with Gasteiger partial charge in [0.1, 0.15) is 5.76 Å². The topological polar surface area (TPSA) is 33.7 Å². The molecular weight excluding hydrogens is 228 g/mol. The Balaban J connectivity index is 2.00. The van der Waals surface area contributed by atoms with Gasteiger partial charge in [-0.1, -0.05) is 0 Å². The van der Waals surface area contributed by atoms with Crippen LogP contribution in [0, 0.1) is 0 Å². The number of ether oxygens (including phenoxy) is 2. The molecule has 1 fully saturated rings. The Hall–Kier alpha value is -0.580. The summed E-state index contributed by atoms with van der Waals surface area (Å²) in [6.07, 6.45) is 4.65. The molecule has 0 saturated carbocycles. The highest BCUT2D eigenvalue weighted by Crippen LogP contribution is 2.20. The Morgan fingerprint density at radius 2 is 2.22 bits per heavy atom. The average Bonchev–Trinajstić information content (AvgIpc) is 2.41. The predicted octanol–water partition coefficient (Wildman–Crippen LogP) is 1.38. The van der Waals surface area contributed by atoms with Crippen LogP contribution in [0.15, 0.2) is 11.8 Å². The first-order valence-electron chi connectivity index (χ1n) is 7.08. The monoisotopic (exact) mass is 254 g/mol. The van der Waals surface area contributed by atoms with Crippen LogP contribution in [0.1, 0.15) is 26.7 Å². The van der Waals surface area contributed by atoms with E-state index >= 15 is 0 Å². The van der Waals surface area contributed by atoms with Gasteiger partial charge < -0.3 is 14.8 Å². The molecule has 1 N–H and O–H groups in total. The molecule has 4 heteroatoms. The Labute approximate surface area is 110 Å². The van der Waals surface area contributed by atoms with E-state index in [4.69, 9.17) is 9.47 Å². The van der Waals surface area contributed by atoms with E-state index < -0.39 is 0 Å². The van der Waals surface area contributed by atoms with Crippen LogP contribution < -0.4 is 5.32 Å². The lowest BCUT2D eigenvalue weighted by atomic mass is 10.0. The van der Waals surface area contributed by atoms with Gasteiger partial charge in [-0.25, -0.2) is 0 Å². The summed E-state index contributed by atoms with van der Waals surface area (Å²) in [5.74, 6) is 1.07. The molecule has 1 saturated heterocycles. The number of hydrogen-bond donors (Lipinski definition) is 1. The number of allylic oxidation sites excluding steroid dienone is 1. The fraction of sp³-hybridized carbons (Fsp3) is 0.857. The van der Waals surface area contributed by atoms with Crippen LogP contribution in [0.3, 0.4) is 0 Å². The smallest absolute Gasteiger partial charge is 0.112 e. The first-order valence-corrected chi connectivity index (χ1v) is 7.08. The van der Waals surface area contributed by atoms with Crippen molar-refractivity contribution >= 4 is 0 Å². The van der Waals surface area contributed by atoms with Gasteiger partial charge in [-0.2, -0.15) is 0 Å². The maximum atomic E-state index is 5.94. The molecule has 2 atom stereocenters. The third-order valence-corrected chi connectivity index (χ3v) is 3.81. The van der Waals surface area contributed by atoms with E-state index in [1.807, 2.05) is 7.05 Å². The molecule has 0 aromatic heterocycles. The molecule has 2 aliphatic heterocycles. The van der Waals surface area contributed by atoms with E-state index in [1.165, 1.54) is 0 Å². The minimum absolute atomic E-state index is 0.187. The van der Waals surface area contributed by atoms with Gasteiger partial charge >= 0.3 is 0 Å². The lowest BCUT2D eigenvalue weighted by Gasteiger charge is -2.39. The predicted molar refractivity (Wildman–Crippen MR) is 72.6 cm³/mol. The molecule has 0 aliphatic carbocycles. The molecule has 2 unspecified atom stereocenters. The van der Waals surface area contributed by atoms with Crippen molar-refractivity contribution < 1.29 is 9.47 Å². The second-order valence-electron chi connectivity index (χ2n) is 5.36. The van der Waals surface area contributed by atoms with Crippen molar-refractivity contribution in [2.75, 3.05) is 33.4 Å². The molecular formula is C14H26N2O2. The molecule has 104 valence electrons. The summed E-state index contributed by atoms with van der Waals surface area (Å²) in [5.41, 5.74) is 0. The summed E-state index contributed by atoms with van der Waals surface area (Å²) in [6, 6.07) is 0.766. The van der Waals surface area contributed by atoms with E-state index in [1.54, 1.807) is 0 Å². The summed E-state index contributed by atoms with van der Waals surface area (Å²) in [7, 11) is 1.99. The summed E-state index contributed by atoms with van der Waals surface area (Å²) in [5, 5.41) is 3.36. The zero-order valence-corrected chi connectivity index (χ0v) is 11.8. The van der Waals surface area contributed by atoms with Crippen LogP contribution in [-0.2, 0) is 9.47 Å². The van der Waals surface area contributed by atoms with Crippen LogP contribution in [0.25, 0.3) is 0 Å². The number of nitrogens with zero attached hydrogens (tertiary/aromatic N) is 1. The Morgan fingerprint density at radius 3 is 2.83 bits per heavy atom. The van der Waals surface area contributed by atoms with Crippen molar-refractivity contribution in [3.05, 3.63) is 11.8 Å². The second-order valence-corrected chi connectivity index (χ2v) is 5.36. The van der Waals surface area contributed by atoms with Crippen molar-refractivity contribution in [2.24, 2.45) is 0 Å². The zero-order valence-electron chi connectivity index (χ0n) is 11.8. The molecule has 0 spiro atoms. The largest absolute Gasteiger partial charge is 0.496 e. The Bertz CT molecular complexity index is 292. The van der Waals surface area contributed by atoms with Crippen molar-refractivity contribution in [2.45, 2.75) is 44.9 Å². The first kappa shape index (κ1) is 13.8. The van der Waals surface area contributed by atoms with Gasteiger partial charge in [-0.15, -0.1) is 0 Å². The highest BCUT2D eigenvalue weighted by atomic mass is 16.5. The van der Waals surface area contributed by atoms with Gasteiger partial charge in [-0.3, -0.25) is 4.90 Å². The zero-order chi connectivity index (χ0) is 13.0. The van der Waals surface area contributed by atoms with Gasteiger partial charge in [-0.05, 0) is 39.8 Å². The summed E-state index contributed by atoms with van der Waals surface area (Å²) < 4.78 is 11.7. The van der Waals surface area contributed by atoms with Gasteiger partial charge in [0.15, 0.2) is 0 Å². The quantitative estimate of drug-likeness (QED) is 0.822. The van der Waals surface area contributed by atoms with Gasteiger partial charge in [0.2, 0.25) is 0 Å². The number of likely N-dealkylation sites (N-methyl/N-ethyl adjacent to an activating group) is 1. The Morgan fingerprint density at radius 1 is 1.39 bits per heavy atom. The SMILES string of the molecule is CNC(C1=CCCCO1)C1CN(C(C)C)CCO1. The molecule has 0 amide bonds. The molecule has 2 rings (SSSR count). The molecule has 0 bridgehead atoms. The molecule has 0 aromatic rings. The van der Waals surface area contributed by atoms with Gasteiger partial charge in [0, 0.05) is 19.1 Å². The molecule has 2 aliphatic rings. The standard InChI is InChI=1S/C14H26N2O2/c1-11(2)16-7-9-18-13(10-16)14(15-3)12-6-4-5-8-17-12/h6,11,13-15H,4-5,7-10H2,1-3H3. The summed E-state index contributed by atoms with van der Waals surface area (Å²) in [4.78, 5) is 2.47. The fourth-order valence-corrected chi connectivity index (χ4v) is 2.67. The molecule has 4 nitrogen and oxygen atoms in total. The third kappa shape index (κ3) is 3.25. The van der Waals surface area contributed by atoms with Crippen molar-refractivity contribution in [1.29, 1.82) is 0 Å². The number of hydrogen-bond acceptors (Lipinski definition) is 4. The summed E-state index contributed by atoms with van der Waals surface area (Å²) >= 11 is 0. The van der Waals surface area contributed by atoms with Crippen LogP contribution in [0.4, 0.5) is 0 Å². The van der Waals surface area contributed by atoms with E-state index in [9.17, 15) is 0 Å². The normalized spacial score (nSPS) is 27.8. The first-order chi connectivity index (χ1) is 8.72. The van der Waals surface area contributed by atoms with Crippen LogP contribution in [0.2, 0.25) is 0 Å². The van der Waals surface area contributed by atoms with Crippen molar-refractivity contribution in [3.8, 4) is 0 Å². The molecule has 0 aromatic carbocycles. The van der Waals surface area contributed by atoms with Crippen LogP contribution in [0.5, 0.6) is 0 Å². The lowest BCUT2D eigenvalue weighted by molar-refractivity contribution is -0.0571. The van der Waals surface area contributed by atoms with Gasteiger partial charge in [0.05, 0.1) is 25.4 Å². The number of nitrogens with one attached hydrogen (secondary N) is 1.